The number of aryl methyl sites for hydroxylation is 1. The number of rotatable bonds is 4. The quantitative estimate of drug-likeness (QED) is 0.277. The maximum atomic E-state index is 14.2. The Morgan fingerprint density at radius 2 is 1.64 bits per heavy atom. The zero-order valence-electron chi connectivity index (χ0n) is 14.7. The lowest BCUT2D eigenvalue weighted by molar-refractivity contribution is -0.137. The number of nitrogens with zero attached hydrogens (tertiary/aromatic N) is 1. The predicted octanol–water partition coefficient (Wildman–Crippen LogP) is 6.11. The highest BCUT2D eigenvalue weighted by atomic mass is 32.2. The molecular weight excluding hydrogens is 409 g/mol. The standard InChI is InChI=1S/C18H15F7N2S/c1-10-7-13(19)14(8-15(10)28-9-17(20,21)22)27-16(26-2)11-3-5-12(6-4-11)18(23,24)25/h3-8H,9H2,1-2H3,(H,26,27). The number of benzene rings is 2. The second kappa shape index (κ2) is 8.42. The van der Waals surface area contributed by atoms with Crippen molar-refractivity contribution in [3.8, 4) is 0 Å². The lowest BCUT2D eigenvalue weighted by Crippen LogP contribution is -2.19. The molecule has 0 aliphatic carbocycles. The van der Waals surface area contributed by atoms with Gasteiger partial charge in [-0.25, -0.2) is 9.38 Å². The molecule has 0 fully saturated rings. The van der Waals surface area contributed by atoms with Gasteiger partial charge in [0.25, 0.3) is 0 Å². The molecule has 0 heterocycles. The minimum atomic E-state index is -4.50. The zero-order valence-corrected chi connectivity index (χ0v) is 15.5. The molecule has 0 aromatic heterocycles. The summed E-state index contributed by atoms with van der Waals surface area (Å²) in [6, 6.07) is 6.31. The Morgan fingerprint density at radius 3 is 2.14 bits per heavy atom. The van der Waals surface area contributed by atoms with Crippen molar-refractivity contribution in [2.75, 3.05) is 12.8 Å². The molecule has 0 atom stereocenters. The van der Waals surface area contributed by atoms with Crippen LogP contribution in [0.4, 0.5) is 36.4 Å². The fraction of sp³-hybridized carbons (Fsp3) is 0.278. The summed E-state index contributed by atoms with van der Waals surface area (Å²) in [5.74, 6) is -1.82. The first kappa shape index (κ1) is 22.1. The normalized spacial score (nSPS) is 13.0. The molecule has 0 aliphatic heterocycles. The third kappa shape index (κ3) is 5.88. The van der Waals surface area contributed by atoms with Crippen LogP contribution in [0.25, 0.3) is 0 Å². The number of amidine groups is 1. The molecule has 0 spiro atoms. The Balaban J connectivity index is 2.37. The van der Waals surface area contributed by atoms with E-state index in [1.54, 1.807) is 0 Å². The topological polar surface area (TPSA) is 24.4 Å². The molecule has 2 aromatic rings. The van der Waals surface area contributed by atoms with Crippen LogP contribution in [0.3, 0.4) is 0 Å². The minimum absolute atomic E-state index is 0.0725. The maximum Gasteiger partial charge on any atom is 0.416 e. The van der Waals surface area contributed by atoms with Crippen LogP contribution in [0, 0.1) is 12.7 Å². The van der Waals surface area contributed by atoms with Crippen molar-refractivity contribution in [3.63, 3.8) is 0 Å². The molecule has 0 radical (unpaired) electrons. The first-order valence-corrected chi connectivity index (χ1v) is 8.83. The first-order valence-electron chi connectivity index (χ1n) is 7.84. The Bertz CT molecular complexity index is 856. The SMILES string of the molecule is CN/C(=N/c1cc(SCC(F)(F)F)c(C)cc1F)c1ccc(C(F)(F)F)cc1. The van der Waals surface area contributed by atoms with Gasteiger partial charge in [-0.3, -0.25) is 0 Å². The fourth-order valence-corrected chi connectivity index (χ4v) is 3.05. The van der Waals surface area contributed by atoms with Gasteiger partial charge in [-0.15, -0.1) is 11.8 Å². The van der Waals surface area contributed by atoms with E-state index < -0.39 is 29.5 Å². The number of hydrogen-bond acceptors (Lipinski definition) is 2. The zero-order chi connectivity index (χ0) is 21.1. The van der Waals surface area contributed by atoms with Gasteiger partial charge in [0, 0.05) is 17.5 Å². The van der Waals surface area contributed by atoms with Crippen LogP contribution in [0.15, 0.2) is 46.3 Å². The number of alkyl halides is 6. The molecule has 0 bridgehead atoms. The minimum Gasteiger partial charge on any atom is -0.373 e. The Hall–Kier alpha value is -2.23. The van der Waals surface area contributed by atoms with E-state index in [1.165, 1.54) is 32.2 Å². The number of halogens is 7. The molecule has 2 nitrogen and oxygen atoms in total. The van der Waals surface area contributed by atoms with E-state index in [2.05, 4.69) is 10.3 Å². The third-order valence-corrected chi connectivity index (χ3v) is 4.81. The largest absolute Gasteiger partial charge is 0.416 e. The fourth-order valence-electron chi connectivity index (χ4n) is 2.25. The predicted molar refractivity (Wildman–Crippen MR) is 94.6 cm³/mol. The second-order valence-electron chi connectivity index (χ2n) is 5.76. The molecule has 0 aliphatic rings. The van der Waals surface area contributed by atoms with Crippen LogP contribution in [0.1, 0.15) is 16.7 Å². The van der Waals surface area contributed by atoms with Crippen molar-refractivity contribution in [1.29, 1.82) is 0 Å². The van der Waals surface area contributed by atoms with E-state index in [0.29, 0.717) is 17.3 Å². The summed E-state index contributed by atoms with van der Waals surface area (Å²) in [5, 5.41) is 2.66. The highest BCUT2D eigenvalue weighted by Crippen LogP contribution is 2.34. The van der Waals surface area contributed by atoms with Crippen molar-refractivity contribution in [1.82, 2.24) is 5.32 Å². The van der Waals surface area contributed by atoms with E-state index in [4.69, 9.17) is 0 Å². The Morgan fingerprint density at radius 1 is 1.04 bits per heavy atom. The van der Waals surface area contributed by atoms with Crippen LogP contribution in [0.2, 0.25) is 0 Å². The smallest absolute Gasteiger partial charge is 0.373 e. The van der Waals surface area contributed by atoms with E-state index in [-0.39, 0.29) is 22.0 Å². The van der Waals surface area contributed by atoms with Gasteiger partial charge >= 0.3 is 12.4 Å². The molecular formula is C18H15F7N2S. The average molecular weight is 424 g/mol. The molecule has 0 unspecified atom stereocenters. The van der Waals surface area contributed by atoms with Crippen molar-refractivity contribution >= 4 is 23.3 Å². The molecule has 0 amide bonds. The van der Waals surface area contributed by atoms with Crippen LogP contribution in [-0.4, -0.2) is 24.8 Å². The van der Waals surface area contributed by atoms with E-state index in [1.807, 2.05) is 0 Å². The van der Waals surface area contributed by atoms with E-state index in [0.717, 1.165) is 18.2 Å². The van der Waals surface area contributed by atoms with Gasteiger partial charge < -0.3 is 5.32 Å². The number of thioether (sulfide) groups is 1. The summed E-state index contributed by atoms with van der Waals surface area (Å²) in [6.07, 6.45) is -8.88. The summed E-state index contributed by atoms with van der Waals surface area (Å²) in [6.45, 7) is 1.48. The molecule has 2 aromatic carbocycles. The monoisotopic (exact) mass is 424 g/mol. The van der Waals surface area contributed by atoms with Gasteiger partial charge in [0.2, 0.25) is 0 Å². The number of hydrogen-bond donors (Lipinski definition) is 1. The molecule has 0 saturated heterocycles. The average Bonchev–Trinajstić information content (AvgIpc) is 2.59. The lowest BCUT2D eigenvalue weighted by atomic mass is 10.1. The summed E-state index contributed by atoms with van der Waals surface area (Å²) in [4.78, 5) is 4.25. The maximum absolute atomic E-state index is 14.2. The van der Waals surface area contributed by atoms with Gasteiger partial charge in [-0.05, 0) is 36.8 Å². The highest BCUT2D eigenvalue weighted by molar-refractivity contribution is 7.99. The van der Waals surface area contributed by atoms with Gasteiger partial charge in [0.15, 0.2) is 0 Å². The van der Waals surface area contributed by atoms with Gasteiger partial charge in [-0.2, -0.15) is 26.3 Å². The number of aliphatic imine (C=N–C) groups is 1. The van der Waals surface area contributed by atoms with E-state index in [9.17, 15) is 30.7 Å². The van der Waals surface area contributed by atoms with Crippen LogP contribution >= 0.6 is 11.8 Å². The van der Waals surface area contributed by atoms with Gasteiger partial charge in [-0.1, -0.05) is 12.1 Å². The third-order valence-electron chi connectivity index (χ3n) is 3.59. The van der Waals surface area contributed by atoms with Crippen LogP contribution in [0.5, 0.6) is 0 Å². The summed E-state index contributed by atoms with van der Waals surface area (Å²) >= 11 is 0.506. The van der Waals surface area contributed by atoms with Crippen molar-refractivity contribution in [3.05, 3.63) is 58.9 Å². The van der Waals surface area contributed by atoms with Crippen molar-refractivity contribution in [2.45, 2.75) is 24.2 Å². The number of nitrogens with one attached hydrogen (secondary N) is 1. The second-order valence-corrected chi connectivity index (χ2v) is 6.78. The molecule has 152 valence electrons. The van der Waals surface area contributed by atoms with Gasteiger partial charge in [0.05, 0.1) is 11.3 Å². The van der Waals surface area contributed by atoms with Crippen LogP contribution < -0.4 is 5.32 Å². The lowest BCUT2D eigenvalue weighted by Gasteiger charge is -2.12. The van der Waals surface area contributed by atoms with Gasteiger partial charge in [0.1, 0.15) is 17.3 Å². The molecule has 2 rings (SSSR count). The van der Waals surface area contributed by atoms with Crippen LogP contribution in [-0.2, 0) is 6.18 Å². The molecule has 0 saturated carbocycles. The highest BCUT2D eigenvalue weighted by Gasteiger charge is 2.30. The molecule has 28 heavy (non-hydrogen) atoms. The summed E-state index contributed by atoms with van der Waals surface area (Å²) in [7, 11) is 1.45. The Kier molecular flexibility index (Phi) is 6.63. The molecule has 1 N–H and O–H groups in total. The first-order chi connectivity index (χ1) is 12.9. The Labute approximate surface area is 160 Å². The van der Waals surface area contributed by atoms with Crippen molar-refractivity contribution < 1.29 is 30.7 Å². The van der Waals surface area contributed by atoms with E-state index >= 15 is 0 Å². The van der Waals surface area contributed by atoms with Crippen molar-refractivity contribution in [2.24, 2.45) is 4.99 Å². The summed E-state index contributed by atoms with van der Waals surface area (Å²) < 4.78 is 89.5. The summed E-state index contributed by atoms with van der Waals surface area (Å²) in [5.41, 5.74) is -0.482. The molecule has 10 heteroatoms.